The topological polar surface area (TPSA) is 61.8 Å². The van der Waals surface area contributed by atoms with Crippen LogP contribution < -0.4 is 15.0 Å². The van der Waals surface area contributed by atoms with Gasteiger partial charge in [-0.25, -0.2) is 0 Å². The van der Waals surface area contributed by atoms with Crippen molar-refractivity contribution >= 4 is 11.6 Å². The number of para-hydroxylation sites is 1. The van der Waals surface area contributed by atoms with E-state index in [9.17, 15) is 4.79 Å². The van der Waals surface area contributed by atoms with Crippen LogP contribution in [0.4, 0.5) is 5.69 Å². The number of aliphatic hydroxyl groups excluding tert-OH is 1. The first-order chi connectivity index (χ1) is 12.3. The number of nitrogens with zero attached hydrogens (tertiary/aromatic N) is 1. The van der Waals surface area contributed by atoms with Gasteiger partial charge in [-0.05, 0) is 42.7 Å². The van der Waals surface area contributed by atoms with Crippen molar-refractivity contribution in [2.45, 2.75) is 12.8 Å². The van der Waals surface area contributed by atoms with Gasteiger partial charge < -0.3 is 20.1 Å². The number of ether oxygens (including phenoxy) is 1. The number of fused-ring (bicyclic) bond motifs is 1. The summed E-state index contributed by atoms with van der Waals surface area (Å²) in [4.78, 5) is 14.3. The fraction of sp³-hybridized carbons (Fsp3) is 0.350. The van der Waals surface area contributed by atoms with Crippen LogP contribution in [0.3, 0.4) is 0 Å². The molecule has 0 atom stereocenters. The highest BCUT2D eigenvalue weighted by molar-refractivity contribution is 5.94. The minimum atomic E-state index is -0.204. The van der Waals surface area contributed by atoms with Gasteiger partial charge in [-0.3, -0.25) is 4.79 Å². The quantitative estimate of drug-likeness (QED) is 0.811. The van der Waals surface area contributed by atoms with Gasteiger partial charge in [-0.2, -0.15) is 0 Å². The maximum atomic E-state index is 11.9. The molecule has 0 bridgehead atoms. The second-order valence-corrected chi connectivity index (χ2v) is 6.08. The number of hydrogen-bond acceptors (Lipinski definition) is 4. The Bertz CT molecular complexity index is 718. The lowest BCUT2D eigenvalue weighted by Crippen LogP contribution is -2.33. The van der Waals surface area contributed by atoms with E-state index in [1.165, 1.54) is 11.3 Å². The Morgan fingerprint density at radius 3 is 2.96 bits per heavy atom. The van der Waals surface area contributed by atoms with Crippen LogP contribution in [0.2, 0.25) is 0 Å². The summed E-state index contributed by atoms with van der Waals surface area (Å²) < 4.78 is 5.85. The Hall–Kier alpha value is -2.53. The van der Waals surface area contributed by atoms with E-state index in [4.69, 9.17) is 9.84 Å². The number of hydrogen-bond donors (Lipinski definition) is 2. The summed E-state index contributed by atoms with van der Waals surface area (Å²) in [6, 6.07) is 15.7. The molecule has 0 saturated heterocycles. The predicted molar refractivity (Wildman–Crippen MR) is 98.3 cm³/mol. The number of nitrogens with one attached hydrogen (secondary N) is 1. The first kappa shape index (κ1) is 17.3. The van der Waals surface area contributed by atoms with E-state index in [0.717, 1.165) is 25.9 Å². The Balaban J connectivity index is 1.55. The predicted octanol–water partition coefficient (Wildman–Crippen LogP) is 2.24. The number of aryl methyl sites for hydroxylation is 1. The van der Waals surface area contributed by atoms with Crippen molar-refractivity contribution in [3.05, 3.63) is 59.7 Å². The molecular formula is C20H24N2O3. The number of carbonyl (C=O) groups excluding carboxylic acids is 1. The zero-order valence-corrected chi connectivity index (χ0v) is 14.3. The molecule has 2 N–H and O–H groups in total. The second kappa shape index (κ2) is 8.53. The molecule has 0 aromatic heterocycles. The third-order valence-corrected chi connectivity index (χ3v) is 4.33. The Kier molecular flexibility index (Phi) is 5.90. The van der Waals surface area contributed by atoms with E-state index in [-0.39, 0.29) is 19.1 Å². The molecule has 132 valence electrons. The number of anilines is 1. The van der Waals surface area contributed by atoms with Crippen LogP contribution in [0.5, 0.6) is 5.75 Å². The number of aliphatic hydroxyl groups is 1. The summed E-state index contributed by atoms with van der Waals surface area (Å²) in [5.41, 5.74) is 3.24. The summed E-state index contributed by atoms with van der Waals surface area (Å²) >= 11 is 0. The highest BCUT2D eigenvalue weighted by Crippen LogP contribution is 2.26. The Morgan fingerprint density at radius 1 is 1.20 bits per heavy atom. The van der Waals surface area contributed by atoms with Crippen LogP contribution in [0.25, 0.3) is 0 Å². The summed E-state index contributed by atoms with van der Waals surface area (Å²) in [5.74, 6) is 0.478. The summed E-state index contributed by atoms with van der Waals surface area (Å²) in [5, 5.41) is 11.4. The van der Waals surface area contributed by atoms with Crippen LogP contribution in [0.15, 0.2) is 48.5 Å². The molecule has 2 aromatic carbocycles. The standard InChI is InChI=1S/C20H24N2O3/c23-13-10-21-20(24)17-6-3-8-18(15-17)25-14-12-22-11-4-7-16-5-1-2-9-19(16)22/h1-3,5-6,8-9,15,23H,4,7,10-14H2,(H,21,24). The van der Waals surface area contributed by atoms with Crippen molar-refractivity contribution < 1.29 is 14.6 Å². The van der Waals surface area contributed by atoms with Crippen LogP contribution in [0.1, 0.15) is 22.3 Å². The molecule has 1 aliphatic rings. The smallest absolute Gasteiger partial charge is 0.251 e. The van der Waals surface area contributed by atoms with Gasteiger partial charge in [0.2, 0.25) is 0 Å². The van der Waals surface area contributed by atoms with Crippen molar-refractivity contribution in [1.82, 2.24) is 5.32 Å². The van der Waals surface area contributed by atoms with Gasteiger partial charge >= 0.3 is 0 Å². The normalized spacial score (nSPS) is 13.2. The first-order valence-electron chi connectivity index (χ1n) is 8.73. The zero-order valence-electron chi connectivity index (χ0n) is 14.3. The van der Waals surface area contributed by atoms with E-state index in [0.29, 0.717) is 17.9 Å². The van der Waals surface area contributed by atoms with E-state index in [1.807, 2.05) is 6.07 Å². The molecule has 5 nitrogen and oxygen atoms in total. The summed E-state index contributed by atoms with van der Waals surface area (Å²) in [6.07, 6.45) is 2.30. The maximum absolute atomic E-state index is 11.9. The summed E-state index contributed by atoms with van der Waals surface area (Å²) in [6.45, 7) is 2.61. The average Bonchev–Trinajstić information content (AvgIpc) is 2.66. The SMILES string of the molecule is O=C(NCCO)c1cccc(OCCN2CCCc3ccccc32)c1. The van der Waals surface area contributed by atoms with Crippen molar-refractivity contribution in [2.24, 2.45) is 0 Å². The zero-order chi connectivity index (χ0) is 17.5. The Labute approximate surface area is 148 Å². The molecule has 1 heterocycles. The number of rotatable bonds is 7. The van der Waals surface area contributed by atoms with Gasteiger partial charge in [0, 0.05) is 24.3 Å². The average molecular weight is 340 g/mol. The maximum Gasteiger partial charge on any atom is 0.251 e. The molecule has 3 rings (SSSR count). The van der Waals surface area contributed by atoms with Gasteiger partial charge in [-0.1, -0.05) is 24.3 Å². The number of carbonyl (C=O) groups is 1. The molecule has 0 aliphatic carbocycles. The fourth-order valence-corrected chi connectivity index (χ4v) is 3.12. The summed E-state index contributed by atoms with van der Waals surface area (Å²) in [7, 11) is 0. The number of benzene rings is 2. The molecule has 0 fully saturated rings. The second-order valence-electron chi connectivity index (χ2n) is 6.08. The lowest BCUT2D eigenvalue weighted by molar-refractivity contribution is 0.0944. The van der Waals surface area contributed by atoms with Crippen LogP contribution >= 0.6 is 0 Å². The lowest BCUT2D eigenvalue weighted by Gasteiger charge is -2.31. The molecule has 5 heteroatoms. The van der Waals surface area contributed by atoms with E-state index < -0.39 is 0 Å². The van der Waals surface area contributed by atoms with Crippen LogP contribution in [-0.4, -0.2) is 43.9 Å². The van der Waals surface area contributed by atoms with Crippen molar-refractivity contribution in [1.29, 1.82) is 0 Å². The van der Waals surface area contributed by atoms with E-state index >= 15 is 0 Å². The molecular weight excluding hydrogens is 316 g/mol. The van der Waals surface area contributed by atoms with Gasteiger partial charge in [0.15, 0.2) is 0 Å². The molecule has 0 radical (unpaired) electrons. The molecule has 1 amide bonds. The molecule has 0 saturated carbocycles. The van der Waals surface area contributed by atoms with E-state index in [2.05, 4.69) is 34.5 Å². The molecule has 0 spiro atoms. The van der Waals surface area contributed by atoms with Crippen LogP contribution in [0, 0.1) is 0 Å². The van der Waals surface area contributed by atoms with Crippen molar-refractivity contribution in [3.8, 4) is 5.75 Å². The Morgan fingerprint density at radius 2 is 2.08 bits per heavy atom. The third kappa shape index (κ3) is 4.51. The highest BCUT2D eigenvalue weighted by Gasteiger charge is 2.15. The van der Waals surface area contributed by atoms with Crippen molar-refractivity contribution in [2.75, 3.05) is 37.7 Å². The van der Waals surface area contributed by atoms with Gasteiger partial charge in [-0.15, -0.1) is 0 Å². The molecule has 0 unspecified atom stereocenters. The first-order valence-corrected chi connectivity index (χ1v) is 8.73. The fourth-order valence-electron chi connectivity index (χ4n) is 3.12. The van der Waals surface area contributed by atoms with Gasteiger partial charge in [0.25, 0.3) is 5.91 Å². The van der Waals surface area contributed by atoms with Crippen LogP contribution in [-0.2, 0) is 6.42 Å². The minimum absolute atomic E-state index is 0.0702. The third-order valence-electron chi connectivity index (χ3n) is 4.33. The number of amides is 1. The minimum Gasteiger partial charge on any atom is -0.492 e. The lowest BCUT2D eigenvalue weighted by atomic mass is 10.0. The molecule has 2 aromatic rings. The largest absolute Gasteiger partial charge is 0.492 e. The molecule has 25 heavy (non-hydrogen) atoms. The monoisotopic (exact) mass is 340 g/mol. The van der Waals surface area contributed by atoms with Gasteiger partial charge in [0.05, 0.1) is 13.2 Å². The highest BCUT2D eigenvalue weighted by atomic mass is 16.5. The van der Waals surface area contributed by atoms with E-state index in [1.54, 1.807) is 18.2 Å². The molecule has 1 aliphatic heterocycles. The van der Waals surface area contributed by atoms with Crippen molar-refractivity contribution in [3.63, 3.8) is 0 Å². The van der Waals surface area contributed by atoms with Gasteiger partial charge in [0.1, 0.15) is 12.4 Å².